The van der Waals surface area contributed by atoms with E-state index in [1.165, 1.54) is 50.5 Å². The van der Waals surface area contributed by atoms with Gasteiger partial charge >= 0.3 is 5.97 Å². The summed E-state index contributed by atoms with van der Waals surface area (Å²) in [6.45, 7) is 3.17. The summed E-state index contributed by atoms with van der Waals surface area (Å²) in [6, 6.07) is 6.93. The largest absolute Gasteiger partial charge is 0.481 e. The van der Waals surface area contributed by atoms with E-state index in [9.17, 15) is 35.0 Å². The van der Waals surface area contributed by atoms with Gasteiger partial charge in [0.2, 0.25) is 5.91 Å². The van der Waals surface area contributed by atoms with Crippen molar-refractivity contribution >= 4 is 29.4 Å². The Morgan fingerprint density at radius 2 is 2.00 bits per heavy atom. The zero-order chi connectivity index (χ0) is 27.9. The van der Waals surface area contributed by atoms with Crippen LogP contribution in [0.15, 0.2) is 41.7 Å². The van der Waals surface area contributed by atoms with E-state index in [-0.39, 0.29) is 17.7 Å². The number of nitriles is 1. The lowest BCUT2D eigenvalue weighted by molar-refractivity contribution is -0.137. The maximum absolute atomic E-state index is 12.6. The van der Waals surface area contributed by atoms with Crippen LogP contribution in [0.3, 0.4) is 0 Å². The van der Waals surface area contributed by atoms with E-state index < -0.39 is 48.5 Å². The van der Waals surface area contributed by atoms with Gasteiger partial charge in [0.1, 0.15) is 0 Å². The summed E-state index contributed by atoms with van der Waals surface area (Å²) in [5, 5.41) is 49.5. The Hall–Kier alpha value is -4.54. The molecule has 1 aliphatic rings. The fourth-order valence-corrected chi connectivity index (χ4v) is 3.59. The first kappa shape index (κ1) is 28.0. The first-order chi connectivity index (χ1) is 17.9. The highest BCUT2D eigenvalue weighted by Crippen LogP contribution is 2.26. The molecule has 2 heterocycles. The molecule has 0 saturated carbocycles. The van der Waals surface area contributed by atoms with E-state index in [4.69, 9.17) is 0 Å². The van der Waals surface area contributed by atoms with Crippen LogP contribution in [0.4, 0.5) is 5.69 Å². The highest BCUT2D eigenvalue weighted by Gasteiger charge is 2.23. The number of β-amino-alcohol motifs (C(OH)–C–C–N with tert-alkyl or cyclic N) is 1. The van der Waals surface area contributed by atoms with Crippen molar-refractivity contribution in [3.63, 3.8) is 0 Å². The van der Waals surface area contributed by atoms with E-state index in [0.717, 1.165) is 0 Å². The monoisotopic (exact) mass is 523 g/mol. The number of carbonyl (C=O) groups excluding carboxylic acids is 2. The fraction of sp³-hybridized carbons (Fsp3) is 0.360. The summed E-state index contributed by atoms with van der Waals surface area (Å²) >= 11 is 0. The third-order valence-corrected chi connectivity index (χ3v) is 5.55. The van der Waals surface area contributed by atoms with E-state index in [1.807, 2.05) is 6.07 Å². The number of rotatable bonds is 9. The lowest BCUT2D eigenvalue weighted by Crippen LogP contribution is -2.42. The van der Waals surface area contributed by atoms with Crippen LogP contribution in [-0.4, -0.2) is 69.8 Å². The average Bonchev–Trinajstić information content (AvgIpc) is 2.87. The molecule has 0 radical (unpaired) electrons. The molecule has 1 aliphatic heterocycles. The van der Waals surface area contributed by atoms with Crippen molar-refractivity contribution in [2.24, 2.45) is 4.99 Å². The van der Waals surface area contributed by atoms with Crippen LogP contribution in [-0.2, 0) is 15.2 Å². The molecule has 2 unspecified atom stereocenters. The molecule has 38 heavy (non-hydrogen) atoms. The van der Waals surface area contributed by atoms with E-state index >= 15 is 0 Å². The number of aliphatic imine (C=N–C) groups is 1. The number of anilines is 1. The molecular weight excluding hydrogens is 494 g/mol. The first-order valence-electron chi connectivity index (χ1n) is 11.7. The summed E-state index contributed by atoms with van der Waals surface area (Å²) in [5.74, 6) is -2.01. The normalized spacial score (nSPS) is 15.8. The number of nitrogens with zero attached hydrogens (tertiary/aromatic N) is 3. The SMILES string of the molecule is CC(C)(O)c1cc(C#N)cc(C(CC(=O)O)NC(=O)CNC(=O)c2cncc(NC3=NCC(O)CN3)c2)c1. The molecule has 2 aromatic rings. The molecule has 3 rings (SSSR count). The second-order valence-electron chi connectivity index (χ2n) is 9.23. The first-order valence-corrected chi connectivity index (χ1v) is 11.7. The highest BCUT2D eigenvalue weighted by atomic mass is 16.4. The molecule has 2 amide bonds. The molecule has 0 saturated heterocycles. The number of hydrogen-bond donors (Lipinski definition) is 7. The number of guanidine groups is 1. The topological polar surface area (TPSA) is 209 Å². The molecule has 1 aromatic heterocycles. The number of benzene rings is 1. The summed E-state index contributed by atoms with van der Waals surface area (Å²) in [5.41, 5.74) is 0.244. The van der Waals surface area contributed by atoms with Gasteiger partial charge in [-0.05, 0) is 43.2 Å². The molecule has 0 bridgehead atoms. The fourth-order valence-electron chi connectivity index (χ4n) is 3.59. The Morgan fingerprint density at radius 3 is 2.63 bits per heavy atom. The Morgan fingerprint density at radius 1 is 1.24 bits per heavy atom. The van der Waals surface area contributed by atoms with Crippen molar-refractivity contribution in [1.29, 1.82) is 5.26 Å². The standard InChI is InChI=1S/C25H29N7O6/c1-25(2,38)17-4-14(8-26)3-15(5-17)20(7-22(35)36)32-21(34)13-28-23(37)16-6-18(10-27-9-16)31-24-29-11-19(33)12-30-24/h3-6,9-10,19-20,33,38H,7,11-13H2,1-2H3,(H,28,37)(H,32,34)(H,35,36)(H2,29,30,31). The van der Waals surface area contributed by atoms with Crippen LogP contribution < -0.4 is 21.3 Å². The molecule has 13 nitrogen and oxygen atoms in total. The molecule has 1 aromatic carbocycles. The van der Waals surface area contributed by atoms with Gasteiger partial charge in [0, 0.05) is 12.7 Å². The third kappa shape index (κ3) is 7.99. The Labute approximate surface area is 218 Å². The van der Waals surface area contributed by atoms with Crippen LogP contribution in [0.2, 0.25) is 0 Å². The third-order valence-electron chi connectivity index (χ3n) is 5.55. The number of carboxylic acids is 1. The molecular formula is C25H29N7O6. The summed E-state index contributed by atoms with van der Waals surface area (Å²) in [6.07, 6.45) is 1.74. The average molecular weight is 524 g/mol. The van der Waals surface area contributed by atoms with Gasteiger partial charge in [-0.3, -0.25) is 24.4 Å². The number of hydrogen-bond acceptors (Lipinski definition) is 10. The molecule has 13 heteroatoms. The number of carbonyl (C=O) groups is 3. The van der Waals surface area contributed by atoms with E-state index in [1.54, 1.807) is 0 Å². The number of aliphatic carboxylic acids is 1. The molecule has 0 spiro atoms. The highest BCUT2D eigenvalue weighted by molar-refractivity contribution is 5.99. The van der Waals surface area contributed by atoms with Crippen LogP contribution in [0.5, 0.6) is 0 Å². The minimum absolute atomic E-state index is 0.165. The van der Waals surface area contributed by atoms with Gasteiger partial charge in [0.05, 0.1) is 66.3 Å². The number of aromatic nitrogens is 1. The number of aliphatic hydroxyl groups is 2. The molecule has 0 fully saturated rings. The lowest BCUT2D eigenvalue weighted by Gasteiger charge is -2.23. The predicted molar refractivity (Wildman–Crippen MR) is 136 cm³/mol. The zero-order valence-corrected chi connectivity index (χ0v) is 20.9. The van der Waals surface area contributed by atoms with Crippen LogP contribution in [0.1, 0.15) is 53.4 Å². The minimum Gasteiger partial charge on any atom is -0.481 e. The Bertz CT molecular complexity index is 1280. The Kier molecular flexibility index (Phi) is 8.95. The number of aliphatic hydroxyl groups excluding tert-OH is 1. The number of amides is 2. The van der Waals surface area contributed by atoms with Crippen molar-refractivity contribution in [2.45, 2.75) is 38.0 Å². The quantitative estimate of drug-likeness (QED) is 0.233. The lowest BCUT2D eigenvalue weighted by atomic mass is 9.91. The van der Waals surface area contributed by atoms with Gasteiger partial charge in [0.25, 0.3) is 5.91 Å². The Balaban J connectivity index is 1.66. The van der Waals surface area contributed by atoms with E-state index in [2.05, 4.69) is 31.2 Å². The van der Waals surface area contributed by atoms with Crippen molar-refractivity contribution in [3.05, 3.63) is 58.9 Å². The molecule has 2 atom stereocenters. The zero-order valence-electron chi connectivity index (χ0n) is 20.9. The van der Waals surface area contributed by atoms with Crippen molar-refractivity contribution in [2.75, 3.05) is 25.0 Å². The van der Waals surface area contributed by atoms with E-state index in [0.29, 0.717) is 29.3 Å². The maximum atomic E-state index is 12.6. The van der Waals surface area contributed by atoms with Crippen molar-refractivity contribution in [1.82, 2.24) is 20.9 Å². The second-order valence-corrected chi connectivity index (χ2v) is 9.23. The minimum atomic E-state index is -1.30. The number of nitrogens with one attached hydrogen (secondary N) is 4. The van der Waals surface area contributed by atoms with Gasteiger partial charge in [0.15, 0.2) is 5.96 Å². The smallest absolute Gasteiger partial charge is 0.305 e. The number of carboxylic acid groups (broad SMARTS) is 1. The summed E-state index contributed by atoms with van der Waals surface area (Å²) in [7, 11) is 0. The number of pyridine rings is 1. The van der Waals surface area contributed by atoms with Gasteiger partial charge < -0.3 is 36.6 Å². The van der Waals surface area contributed by atoms with Crippen LogP contribution in [0.25, 0.3) is 0 Å². The summed E-state index contributed by atoms with van der Waals surface area (Å²) in [4.78, 5) is 44.9. The molecule has 7 N–H and O–H groups in total. The van der Waals surface area contributed by atoms with Crippen LogP contribution >= 0.6 is 0 Å². The second kappa shape index (κ2) is 12.1. The molecule has 0 aliphatic carbocycles. The van der Waals surface area contributed by atoms with Gasteiger partial charge in [-0.15, -0.1) is 0 Å². The van der Waals surface area contributed by atoms with Gasteiger partial charge in [-0.25, -0.2) is 0 Å². The predicted octanol–water partition coefficient (Wildman–Crippen LogP) is -0.0253. The van der Waals surface area contributed by atoms with Crippen molar-refractivity contribution in [3.8, 4) is 6.07 Å². The maximum Gasteiger partial charge on any atom is 0.305 e. The summed E-state index contributed by atoms with van der Waals surface area (Å²) < 4.78 is 0. The van der Waals surface area contributed by atoms with Crippen molar-refractivity contribution < 1.29 is 29.7 Å². The molecule has 200 valence electrons. The van der Waals surface area contributed by atoms with Gasteiger partial charge in [-0.2, -0.15) is 5.26 Å². The van der Waals surface area contributed by atoms with Crippen LogP contribution in [0, 0.1) is 11.3 Å². The van der Waals surface area contributed by atoms with Gasteiger partial charge in [-0.1, -0.05) is 6.07 Å².